The maximum absolute atomic E-state index is 12.7. The van der Waals surface area contributed by atoms with Gasteiger partial charge in [-0.05, 0) is 55.7 Å². The Kier molecular flexibility index (Phi) is 8.28. The second kappa shape index (κ2) is 11.1. The highest BCUT2D eigenvalue weighted by Gasteiger charge is 2.17. The molecule has 0 heterocycles. The molecule has 2 amide bonds. The van der Waals surface area contributed by atoms with Crippen molar-refractivity contribution in [2.75, 3.05) is 17.2 Å². The fourth-order valence-electron chi connectivity index (χ4n) is 3.66. The van der Waals surface area contributed by atoms with Crippen LogP contribution in [0.4, 0.5) is 20.2 Å². The number of hydrogen-bond donors (Lipinski definition) is 3. The topological polar surface area (TPSA) is 70.2 Å². The highest BCUT2D eigenvalue weighted by Crippen LogP contribution is 2.31. The summed E-state index contributed by atoms with van der Waals surface area (Å²) in [5.74, 6) is -2.99. The molecular weight excluding hydrogens is 420 g/mol. The molecule has 166 valence electrons. The van der Waals surface area contributed by atoms with Gasteiger partial charge in [0, 0.05) is 22.2 Å². The average Bonchev–Trinajstić information content (AvgIpc) is 2.74. The van der Waals surface area contributed by atoms with Crippen LogP contribution in [0.1, 0.15) is 48.0 Å². The summed E-state index contributed by atoms with van der Waals surface area (Å²) < 4.78 is 25.4. The minimum atomic E-state index is -2.56. The molecule has 0 unspecified atom stereocenters. The number of para-hydroxylation sites is 1. The molecule has 0 spiro atoms. The van der Waals surface area contributed by atoms with Crippen LogP contribution >= 0.6 is 11.8 Å². The zero-order valence-electron chi connectivity index (χ0n) is 17.4. The molecule has 1 aliphatic rings. The molecule has 0 atom stereocenters. The fourth-order valence-corrected chi connectivity index (χ4v) is 4.25. The van der Waals surface area contributed by atoms with E-state index in [1.54, 1.807) is 42.5 Å². The van der Waals surface area contributed by atoms with Crippen LogP contribution < -0.4 is 16.0 Å². The zero-order chi connectivity index (χ0) is 22.2. The van der Waals surface area contributed by atoms with E-state index in [0.29, 0.717) is 27.9 Å². The van der Waals surface area contributed by atoms with E-state index in [2.05, 4.69) is 16.0 Å². The SMILES string of the molecule is Cc1cc(C(=O)NC2CCCCC2)ccc1NCC(=O)Nc1ccccc1SC(F)F. The van der Waals surface area contributed by atoms with Gasteiger partial charge in [0.1, 0.15) is 0 Å². The minimum Gasteiger partial charge on any atom is -0.376 e. The molecule has 0 radical (unpaired) electrons. The number of thioether (sulfide) groups is 1. The summed E-state index contributed by atoms with van der Waals surface area (Å²) >= 11 is 0.394. The number of alkyl halides is 2. The molecule has 1 saturated carbocycles. The van der Waals surface area contributed by atoms with E-state index in [1.807, 2.05) is 6.92 Å². The molecule has 0 bridgehead atoms. The first-order valence-electron chi connectivity index (χ1n) is 10.4. The average molecular weight is 448 g/mol. The van der Waals surface area contributed by atoms with Crippen molar-refractivity contribution in [2.45, 2.75) is 55.7 Å². The van der Waals surface area contributed by atoms with Gasteiger partial charge in [-0.15, -0.1) is 0 Å². The smallest absolute Gasteiger partial charge is 0.288 e. The first-order valence-corrected chi connectivity index (χ1v) is 11.3. The van der Waals surface area contributed by atoms with E-state index in [4.69, 9.17) is 0 Å². The van der Waals surface area contributed by atoms with Crippen LogP contribution in [0.25, 0.3) is 0 Å². The van der Waals surface area contributed by atoms with Gasteiger partial charge in [0.2, 0.25) is 5.91 Å². The number of nitrogens with one attached hydrogen (secondary N) is 3. The first-order chi connectivity index (χ1) is 14.9. The number of amides is 2. The number of benzene rings is 2. The Balaban J connectivity index is 1.54. The van der Waals surface area contributed by atoms with Gasteiger partial charge in [-0.3, -0.25) is 9.59 Å². The standard InChI is InChI=1S/C23H27F2N3O2S/c1-15-13-16(22(30)27-17-7-3-2-4-8-17)11-12-18(15)26-14-21(29)28-19-9-5-6-10-20(19)31-23(24)25/h5-6,9-13,17,23,26H,2-4,7-8,14H2,1H3,(H,27,30)(H,28,29). The van der Waals surface area contributed by atoms with Crippen LogP contribution in [0, 0.1) is 6.92 Å². The van der Waals surface area contributed by atoms with Gasteiger partial charge in [0.15, 0.2) is 0 Å². The summed E-state index contributed by atoms with van der Waals surface area (Å²) in [6.07, 6.45) is 5.59. The van der Waals surface area contributed by atoms with Gasteiger partial charge >= 0.3 is 0 Å². The molecule has 1 fully saturated rings. The van der Waals surface area contributed by atoms with E-state index in [0.717, 1.165) is 36.9 Å². The molecule has 3 N–H and O–H groups in total. The summed E-state index contributed by atoms with van der Waals surface area (Å²) in [5.41, 5.74) is 2.53. The molecule has 3 rings (SSSR count). The third-order valence-corrected chi connectivity index (χ3v) is 6.03. The molecule has 0 aromatic heterocycles. The van der Waals surface area contributed by atoms with Gasteiger partial charge in [0.05, 0.1) is 12.2 Å². The Morgan fingerprint density at radius 2 is 1.81 bits per heavy atom. The Bertz CT molecular complexity index is 917. The van der Waals surface area contributed by atoms with Gasteiger partial charge in [0.25, 0.3) is 11.7 Å². The third-order valence-electron chi connectivity index (χ3n) is 5.25. The van der Waals surface area contributed by atoms with E-state index in [1.165, 1.54) is 6.42 Å². The predicted molar refractivity (Wildman–Crippen MR) is 121 cm³/mol. The monoisotopic (exact) mass is 447 g/mol. The maximum atomic E-state index is 12.7. The maximum Gasteiger partial charge on any atom is 0.288 e. The number of halogens is 2. The summed E-state index contributed by atoms with van der Waals surface area (Å²) in [6.45, 7) is 1.84. The molecule has 8 heteroatoms. The van der Waals surface area contributed by atoms with Crippen molar-refractivity contribution in [3.8, 4) is 0 Å². The van der Waals surface area contributed by atoms with Crippen molar-refractivity contribution in [3.05, 3.63) is 53.6 Å². The summed E-state index contributed by atoms with van der Waals surface area (Å²) in [4.78, 5) is 25.1. The normalized spacial score (nSPS) is 14.3. The van der Waals surface area contributed by atoms with Crippen molar-refractivity contribution in [3.63, 3.8) is 0 Å². The highest BCUT2D eigenvalue weighted by atomic mass is 32.2. The Morgan fingerprint density at radius 3 is 2.52 bits per heavy atom. The quantitative estimate of drug-likeness (QED) is 0.473. The third kappa shape index (κ3) is 6.95. The summed E-state index contributed by atoms with van der Waals surface area (Å²) in [5, 5.41) is 8.80. The summed E-state index contributed by atoms with van der Waals surface area (Å²) in [7, 11) is 0. The minimum absolute atomic E-state index is 0.0257. The van der Waals surface area contributed by atoms with E-state index in [-0.39, 0.29) is 24.4 Å². The molecule has 0 aliphatic heterocycles. The van der Waals surface area contributed by atoms with Gasteiger partial charge in [-0.25, -0.2) is 0 Å². The van der Waals surface area contributed by atoms with Crippen LogP contribution in [-0.2, 0) is 4.79 Å². The number of carbonyl (C=O) groups is 2. The van der Waals surface area contributed by atoms with E-state index < -0.39 is 5.76 Å². The van der Waals surface area contributed by atoms with Crippen molar-refractivity contribution >= 4 is 35.0 Å². The molecule has 2 aromatic carbocycles. The van der Waals surface area contributed by atoms with Crippen LogP contribution in [0.5, 0.6) is 0 Å². The number of hydrogen-bond acceptors (Lipinski definition) is 4. The Labute approximate surface area is 185 Å². The van der Waals surface area contributed by atoms with Gasteiger partial charge < -0.3 is 16.0 Å². The predicted octanol–water partition coefficient (Wildman–Crippen LogP) is 5.42. The van der Waals surface area contributed by atoms with Crippen LogP contribution in [0.2, 0.25) is 0 Å². The Morgan fingerprint density at radius 1 is 1.06 bits per heavy atom. The van der Waals surface area contributed by atoms with Crippen molar-refractivity contribution in [2.24, 2.45) is 0 Å². The van der Waals surface area contributed by atoms with Crippen molar-refractivity contribution in [1.29, 1.82) is 0 Å². The second-order valence-corrected chi connectivity index (χ2v) is 8.65. The number of rotatable bonds is 8. The first kappa shape index (κ1) is 23.1. The van der Waals surface area contributed by atoms with Gasteiger partial charge in [-0.1, -0.05) is 43.2 Å². The molecular formula is C23H27F2N3O2S. The lowest BCUT2D eigenvalue weighted by molar-refractivity contribution is -0.114. The largest absolute Gasteiger partial charge is 0.376 e. The van der Waals surface area contributed by atoms with E-state index >= 15 is 0 Å². The molecule has 5 nitrogen and oxygen atoms in total. The summed E-state index contributed by atoms with van der Waals surface area (Å²) in [6, 6.07) is 12.0. The second-order valence-electron chi connectivity index (χ2n) is 7.61. The lowest BCUT2D eigenvalue weighted by atomic mass is 9.95. The van der Waals surface area contributed by atoms with Gasteiger partial charge in [-0.2, -0.15) is 8.78 Å². The fraction of sp³-hybridized carbons (Fsp3) is 0.391. The van der Waals surface area contributed by atoms with Crippen molar-refractivity contribution in [1.82, 2.24) is 5.32 Å². The van der Waals surface area contributed by atoms with E-state index in [9.17, 15) is 18.4 Å². The lowest BCUT2D eigenvalue weighted by Crippen LogP contribution is -2.36. The van der Waals surface area contributed by atoms with Crippen LogP contribution in [0.15, 0.2) is 47.4 Å². The molecule has 1 aliphatic carbocycles. The number of aryl methyl sites for hydroxylation is 1. The lowest BCUT2D eigenvalue weighted by Gasteiger charge is -2.23. The molecule has 31 heavy (non-hydrogen) atoms. The number of carbonyl (C=O) groups excluding carboxylic acids is 2. The zero-order valence-corrected chi connectivity index (χ0v) is 18.2. The van der Waals surface area contributed by atoms with Crippen LogP contribution in [-0.4, -0.2) is 30.2 Å². The molecule has 2 aromatic rings. The van der Waals surface area contributed by atoms with Crippen LogP contribution in [0.3, 0.4) is 0 Å². The number of anilines is 2. The van der Waals surface area contributed by atoms with Crippen molar-refractivity contribution < 1.29 is 18.4 Å². The highest BCUT2D eigenvalue weighted by molar-refractivity contribution is 7.99. The Hall–Kier alpha value is -2.61. The molecule has 0 saturated heterocycles.